The van der Waals surface area contributed by atoms with E-state index in [9.17, 15) is 4.79 Å². The molecule has 0 radical (unpaired) electrons. The van der Waals surface area contributed by atoms with Gasteiger partial charge in [0, 0.05) is 24.8 Å². The quantitative estimate of drug-likeness (QED) is 0.645. The third kappa shape index (κ3) is 5.48. The Labute approximate surface area is 185 Å². The lowest BCUT2D eigenvalue weighted by atomic mass is 10.0. The molecule has 1 fully saturated rings. The van der Waals surface area contributed by atoms with Gasteiger partial charge >= 0.3 is 0 Å². The predicted octanol–water partition coefficient (Wildman–Crippen LogP) is 4.41. The van der Waals surface area contributed by atoms with Gasteiger partial charge in [-0.15, -0.1) is 0 Å². The van der Waals surface area contributed by atoms with Gasteiger partial charge in [-0.3, -0.25) is 4.79 Å². The summed E-state index contributed by atoms with van der Waals surface area (Å²) in [7, 11) is 0. The zero-order valence-corrected chi connectivity index (χ0v) is 19.0. The van der Waals surface area contributed by atoms with Crippen LogP contribution in [0.5, 0.6) is 0 Å². The molecule has 3 heterocycles. The van der Waals surface area contributed by atoms with E-state index in [-0.39, 0.29) is 11.9 Å². The van der Waals surface area contributed by atoms with Gasteiger partial charge < -0.3 is 20.0 Å². The van der Waals surface area contributed by atoms with Crippen LogP contribution in [0.3, 0.4) is 0 Å². The molecule has 6 heteroatoms. The van der Waals surface area contributed by atoms with Crippen LogP contribution in [0.25, 0.3) is 0 Å². The van der Waals surface area contributed by atoms with Crippen molar-refractivity contribution in [3.05, 3.63) is 47.0 Å². The molecule has 168 valence electrons. The first kappa shape index (κ1) is 21.9. The van der Waals surface area contributed by atoms with Crippen LogP contribution in [-0.4, -0.2) is 41.5 Å². The van der Waals surface area contributed by atoms with Crippen LogP contribution in [0, 0.1) is 5.92 Å². The summed E-state index contributed by atoms with van der Waals surface area (Å²) in [5, 5.41) is 6.88. The Morgan fingerprint density at radius 2 is 2.16 bits per heavy atom. The summed E-state index contributed by atoms with van der Waals surface area (Å²) in [6.45, 7) is 7.56. The number of aromatic nitrogens is 1. The van der Waals surface area contributed by atoms with Crippen molar-refractivity contribution in [1.82, 2.24) is 15.2 Å². The number of hydrogen-bond donors (Lipinski definition) is 2. The largest absolute Gasteiger partial charge is 0.467 e. The Hall–Kier alpha value is -2.34. The fourth-order valence-corrected chi connectivity index (χ4v) is 4.74. The fourth-order valence-electron chi connectivity index (χ4n) is 4.74. The number of pyridine rings is 1. The molecule has 0 spiro atoms. The Morgan fingerprint density at radius 3 is 2.90 bits per heavy atom. The lowest BCUT2D eigenvalue weighted by molar-refractivity contribution is 0.0621. The van der Waals surface area contributed by atoms with Crippen LogP contribution in [0.15, 0.2) is 28.9 Å². The van der Waals surface area contributed by atoms with Crippen molar-refractivity contribution in [3.8, 4) is 0 Å². The first-order chi connectivity index (χ1) is 15.1. The van der Waals surface area contributed by atoms with Gasteiger partial charge in [-0.1, -0.05) is 20.3 Å². The second-order valence-corrected chi connectivity index (χ2v) is 9.34. The SMILES string of the molecule is CC(C)CN(C(=O)c1cc2c(nc1NCc1ccco1)CCCCC2)C1CCCNC1. The highest BCUT2D eigenvalue weighted by molar-refractivity contribution is 5.99. The molecule has 0 saturated carbocycles. The Kier molecular flexibility index (Phi) is 7.28. The van der Waals surface area contributed by atoms with E-state index < -0.39 is 0 Å². The molecule has 2 aliphatic rings. The number of amides is 1. The molecule has 4 rings (SSSR count). The number of nitrogens with one attached hydrogen (secondary N) is 2. The van der Waals surface area contributed by atoms with E-state index in [1.54, 1.807) is 6.26 Å². The summed E-state index contributed by atoms with van der Waals surface area (Å²) >= 11 is 0. The molecule has 6 nitrogen and oxygen atoms in total. The van der Waals surface area contributed by atoms with Crippen molar-refractivity contribution < 1.29 is 9.21 Å². The fraction of sp³-hybridized carbons (Fsp3) is 0.600. The van der Waals surface area contributed by atoms with E-state index in [0.717, 1.165) is 63.2 Å². The van der Waals surface area contributed by atoms with Gasteiger partial charge in [-0.25, -0.2) is 4.98 Å². The zero-order chi connectivity index (χ0) is 21.6. The first-order valence-electron chi connectivity index (χ1n) is 11.9. The molecule has 1 atom stereocenters. The van der Waals surface area contributed by atoms with Crippen LogP contribution >= 0.6 is 0 Å². The van der Waals surface area contributed by atoms with Gasteiger partial charge in [0.1, 0.15) is 11.6 Å². The van der Waals surface area contributed by atoms with Crippen LogP contribution in [0.1, 0.15) is 73.3 Å². The second-order valence-electron chi connectivity index (χ2n) is 9.34. The molecule has 0 aromatic carbocycles. The number of carbonyl (C=O) groups is 1. The third-order valence-corrected chi connectivity index (χ3v) is 6.33. The van der Waals surface area contributed by atoms with Crippen molar-refractivity contribution in [2.75, 3.05) is 25.0 Å². The maximum absolute atomic E-state index is 13.9. The highest BCUT2D eigenvalue weighted by Crippen LogP contribution is 2.27. The molecule has 1 aliphatic carbocycles. The minimum Gasteiger partial charge on any atom is -0.467 e. The monoisotopic (exact) mass is 424 g/mol. The molecule has 2 aromatic heterocycles. The normalized spacial score (nSPS) is 19.0. The summed E-state index contributed by atoms with van der Waals surface area (Å²) in [5.41, 5.74) is 3.10. The average molecular weight is 425 g/mol. The highest BCUT2D eigenvalue weighted by Gasteiger charge is 2.29. The van der Waals surface area contributed by atoms with Crippen molar-refractivity contribution in [2.45, 2.75) is 71.4 Å². The van der Waals surface area contributed by atoms with Crippen molar-refractivity contribution in [3.63, 3.8) is 0 Å². The minimum absolute atomic E-state index is 0.101. The van der Waals surface area contributed by atoms with Crippen LogP contribution < -0.4 is 10.6 Å². The van der Waals surface area contributed by atoms with Crippen molar-refractivity contribution in [2.24, 2.45) is 5.92 Å². The number of piperidine rings is 1. The lowest BCUT2D eigenvalue weighted by Gasteiger charge is -2.36. The number of nitrogens with zero attached hydrogens (tertiary/aromatic N) is 2. The Bertz CT molecular complexity index is 857. The molecule has 2 aromatic rings. The van der Waals surface area contributed by atoms with E-state index in [4.69, 9.17) is 9.40 Å². The number of furan rings is 1. The third-order valence-electron chi connectivity index (χ3n) is 6.33. The minimum atomic E-state index is 0.101. The average Bonchev–Trinajstić information content (AvgIpc) is 3.20. The van der Waals surface area contributed by atoms with Crippen LogP contribution in [-0.2, 0) is 19.4 Å². The summed E-state index contributed by atoms with van der Waals surface area (Å²) in [6, 6.07) is 6.19. The molecule has 1 aliphatic heterocycles. The summed E-state index contributed by atoms with van der Waals surface area (Å²) in [4.78, 5) is 21.0. The van der Waals surface area contributed by atoms with E-state index in [1.807, 2.05) is 12.1 Å². The molecule has 0 bridgehead atoms. The predicted molar refractivity (Wildman–Crippen MR) is 123 cm³/mol. The topological polar surface area (TPSA) is 70.4 Å². The Balaban J connectivity index is 1.66. The number of carbonyl (C=O) groups excluding carboxylic acids is 1. The van der Waals surface area contributed by atoms with Gasteiger partial charge in [0.05, 0.1) is 18.4 Å². The van der Waals surface area contributed by atoms with E-state index in [2.05, 4.69) is 35.4 Å². The van der Waals surface area contributed by atoms with Crippen LogP contribution in [0.2, 0.25) is 0 Å². The van der Waals surface area contributed by atoms with Gasteiger partial charge in [0.25, 0.3) is 5.91 Å². The molecule has 1 amide bonds. The van der Waals surface area contributed by atoms with Gasteiger partial charge in [-0.2, -0.15) is 0 Å². The maximum Gasteiger partial charge on any atom is 0.257 e. The summed E-state index contributed by atoms with van der Waals surface area (Å²) < 4.78 is 5.49. The molecule has 31 heavy (non-hydrogen) atoms. The molecule has 1 unspecified atom stereocenters. The number of aryl methyl sites for hydroxylation is 2. The van der Waals surface area contributed by atoms with E-state index in [1.165, 1.54) is 18.4 Å². The molecular formula is C25H36N4O2. The van der Waals surface area contributed by atoms with Gasteiger partial charge in [0.2, 0.25) is 0 Å². The van der Waals surface area contributed by atoms with Crippen molar-refractivity contribution in [1.29, 1.82) is 0 Å². The first-order valence-corrected chi connectivity index (χ1v) is 11.9. The number of anilines is 1. The number of hydrogen-bond acceptors (Lipinski definition) is 5. The number of fused-ring (bicyclic) bond motifs is 1. The summed E-state index contributed by atoms with van der Waals surface area (Å²) in [5.74, 6) is 2.05. The zero-order valence-electron chi connectivity index (χ0n) is 19.0. The number of rotatable bonds is 7. The Morgan fingerprint density at radius 1 is 1.29 bits per heavy atom. The smallest absolute Gasteiger partial charge is 0.257 e. The lowest BCUT2D eigenvalue weighted by Crippen LogP contribution is -2.50. The van der Waals surface area contributed by atoms with Crippen LogP contribution in [0.4, 0.5) is 5.82 Å². The highest BCUT2D eigenvalue weighted by atomic mass is 16.3. The van der Waals surface area contributed by atoms with E-state index >= 15 is 0 Å². The van der Waals surface area contributed by atoms with Gasteiger partial charge in [-0.05, 0) is 74.8 Å². The maximum atomic E-state index is 13.9. The van der Waals surface area contributed by atoms with E-state index in [0.29, 0.717) is 23.8 Å². The molecule has 1 saturated heterocycles. The summed E-state index contributed by atoms with van der Waals surface area (Å²) in [6.07, 6.45) is 9.40. The molecular weight excluding hydrogens is 388 g/mol. The van der Waals surface area contributed by atoms with Crippen molar-refractivity contribution >= 4 is 11.7 Å². The molecule has 2 N–H and O–H groups in total. The second kappa shape index (κ2) is 10.3. The standard InChI is InChI=1S/C25H36N4O2/c1-18(2)17-29(20-9-6-12-26-15-20)25(30)22-14-19-8-4-3-5-11-23(19)28-24(22)27-16-21-10-7-13-31-21/h7,10,13-14,18,20,26H,3-6,8-9,11-12,15-17H2,1-2H3,(H,27,28). The van der Waals surface area contributed by atoms with Gasteiger partial charge in [0.15, 0.2) is 0 Å².